The Morgan fingerprint density at radius 3 is 3.06 bits per heavy atom. The highest BCUT2D eigenvalue weighted by molar-refractivity contribution is 9.10. The van der Waals surface area contributed by atoms with Crippen LogP contribution in [0.2, 0.25) is 0 Å². The van der Waals surface area contributed by atoms with E-state index in [9.17, 15) is 5.11 Å². The van der Waals surface area contributed by atoms with Gasteiger partial charge in [-0.25, -0.2) is 0 Å². The molecule has 1 N–H and O–H groups in total. The molecule has 0 fully saturated rings. The zero-order valence-corrected chi connectivity index (χ0v) is 11.8. The molecule has 1 aliphatic rings. The van der Waals surface area contributed by atoms with Crippen molar-refractivity contribution in [3.8, 4) is 11.5 Å². The van der Waals surface area contributed by atoms with Gasteiger partial charge in [-0.1, -0.05) is 0 Å². The maximum absolute atomic E-state index is 10.2. The van der Waals surface area contributed by atoms with Crippen LogP contribution in [-0.2, 0) is 6.42 Å². The van der Waals surface area contributed by atoms with E-state index < -0.39 is 6.10 Å². The number of hydrogen-bond donors (Lipinski definition) is 1. The summed E-state index contributed by atoms with van der Waals surface area (Å²) in [6.07, 6.45) is 0.0701. The molecule has 1 aromatic heterocycles. The number of aliphatic hydroxyl groups is 1. The lowest BCUT2D eigenvalue weighted by Gasteiger charge is -2.11. The van der Waals surface area contributed by atoms with Gasteiger partial charge in [0.05, 0.1) is 10.6 Å². The van der Waals surface area contributed by atoms with Crippen LogP contribution in [0.15, 0.2) is 33.4 Å². The minimum absolute atomic E-state index is 0.234. The van der Waals surface area contributed by atoms with Gasteiger partial charge in [-0.05, 0) is 56.0 Å². The molecule has 0 saturated heterocycles. The second kappa shape index (κ2) is 4.91. The molecule has 2 aromatic rings. The molecule has 2 heterocycles. The molecule has 0 bridgehead atoms. The van der Waals surface area contributed by atoms with E-state index in [4.69, 9.17) is 9.47 Å². The lowest BCUT2D eigenvalue weighted by atomic mass is 10.0. The van der Waals surface area contributed by atoms with Gasteiger partial charge in [0, 0.05) is 6.42 Å². The van der Waals surface area contributed by atoms with Crippen LogP contribution < -0.4 is 9.47 Å². The van der Waals surface area contributed by atoms with Gasteiger partial charge in [0.1, 0.15) is 0 Å². The predicted molar refractivity (Wildman–Crippen MR) is 73.2 cm³/mol. The van der Waals surface area contributed by atoms with Crippen LogP contribution in [0.5, 0.6) is 11.5 Å². The second-order valence-electron chi connectivity index (χ2n) is 4.09. The number of benzene rings is 1. The monoisotopic (exact) mass is 326 g/mol. The third-order valence-electron chi connectivity index (χ3n) is 2.84. The molecule has 0 saturated carbocycles. The summed E-state index contributed by atoms with van der Waals surface area (Å²) in [7, 11) is 0. The van der Waals surface area contributed by atoms with Crippen LogP contribution in [0, 0.1) is 0 Å². The van der Waals surface area contributed by atoms with Crippen LogP contribution in [0.4, 0.5) is 0 Å². The average Bonchev–Trinajstić information content (AvgIpc) is 2.98. The van der Waals surface area contributed by atoms with Gasteiger partial charge in [0.15, 0.2) is 11.5 Å². The number of ether oxygens (including phenoxy) is 2. The number of fused-ring (bicyclic) bond motifs is 1. The number of aliphatic hydroxyl groups excluding tert-OH is 1. The van der Waals surface area contributed by atoms with Gasteiger partial charge >= 0.3 is 0 Å². The van der Waals surface area contributed by atoms with E-state index in [1.165, 1.54) is 0 Å². The number of halogens is 1. The molecule has 0 aliphatic carbocycles. The molecule has 1 unspecified atom stereocenters. The quantitative estimate of drug-likeness (QED) is 0.937. The Balaban J connectivity index is 1.86. The first-order valence-electron chi connectivity index (χ1n) is 5.52. The van der Waals surface area contributed by atoms with E-state index in [-0.39, 0.29) is 6.79 Å². The van der Waals surface area contributed by atoms with E-state index in [0.29, 0.717) is 17.9 Å². The zero-order chi connectivity index (χ0) is 12.5. The van der Waals surface area contributed by atoms with Gasteiger partial charge in [-0.3, -0.25) is 0 Å². The molecule has 3 rings (SSSR count). The summed E-state index contributed by atoms with van der Waals surface area (Å²) in [5.41, 5.74) is 1.97. The summed E-state index contributed by atoms with van der Waals surface area (Å²) in [5.74, 6) is 1.39. The summed E-state index contributed by atoms with van der Waals surface area (Å²) in [5, 5.41) is 14.3. The fourth-order valence-corrected chi connectivity index (χ4v) is 3.19. The molecule has 3 nitrogen and oxygen atoms in total. The molecule has 0 spiro atoms. The molecular weight excluding hydrogens is 316 g/mol. The molecule has 94 valence electrons. The first kappa shape index (κ1) is 12.0. The first-order chi connectivity index (χ1) is 8.74. The van der Waals surface area contributed by atoms with Crippen LogP contribution in [0.25, 0.3) is 0 Å². The Hall–Kier alpha value is -1.04. The van der Waals surface area contributed by atoms with E-state index in [0.717, 1.165) is 15.6 Å². The maximum atomic E-state index is 10.2. The Bertz CT molecular complexity index is 554. The largest absolute Gasteiger partial charge is 0.454 e. The topological polar surface area (TPSA) is 38.7 Å². The second-order valence-corrected chi connectivity index (χ2v) is 5.72. The molecule has 1 aliphatic heterocycles. The summed E-state index contributed by atoms with van der Waals surface area (Å²) in [6, 6.07) is 5.74. The van der Waals surface area contributed by atoms with Gasteiger partial charge in [0.25, 0.3) is 0 Å². The molecule has 0 amide bonds. The van der Waals surface area contributed by atoms with E-state index in [1.807, 2.05) is 29.0 Å². The minimum Gasteiger partial charge on any atom is -0.454 e. The summed E-state index contributed by atoms with van der Waals surface area (Å²) < 4.78 is 11.5. The van der Waals surface area contributed by atoms with Crippen LogP contribution in [0.1, 0.15) is 17.2 Å². The van der Waals surface area contributed by atoms with E-state index in [1.54, 1.807) is 11.3 Å². The summed E-state index contributed by atoms with van der Waals surface area (Å²) in [4.78, 5) is 0. The SMILES string of the molecule is OC(Cc1ccsc1)c1cc(Br)c2c(c1)OCO2. The van der Waals surface area contributed by atoms with Crippen molar-refractivity contribution >= 4 is 27.3 Å². The zero-order valence-electron chi connectivity index (χ0n) is 9.43. The van der Waals surface area contributed by atoms with Gasteiger partial charge < -0.3 is 14.6 Å². The smallest absolute Gasteiger partial charge is 0.231 e. The normalized spacial score (nSPS) is 14.8. The molecule has 5 heteroatoms. The lowest BCUT2D eigenvalue weighted by Crippen LogP contribution is -2.01. The molecular formula is C13H11BrO3S. The average molecular weight is 327 g/mol. The maximum Gasteiger partial charge on any atom is 0.231 e. The fraction of sp³-hybridized carbons (Fsp3) is 0.231. The van der Waals surface area contributed by atoms with Crippen molar-refractivity contribution in [3.63, 3.8) is 0 Å². The fourth-order valence-electron chi connectivity index (χ4n) is 1.93. The van der Waals surface area contributed by atoms with Crippen molar-refractivity contribution in [2.75, 3.05) is 6.79 Å². The van der Waals surface area contributed by atoms with Crippen LogP contribution in [-0.4, -0.2) is 11.9 Å². The van der Waals surface area contributed by atoms with Gasteiger partial charge in [-0.15, -0.1) is 0 Å². The highest BCUT2D eigenvalue weighted by atomic mass is 79.9. The van der Waals surface area contributed by atoms with Crippen molar-refractivity contribution < 1.29 is 14.6 Å². The molecule has 1 atom stereocenters. The third kappa shape index (κ3) is 2.25. The minimum atomic E-state index is -0.537. The standard InChI is InChI=1S/C13H11BrO3S/c14-10-4-9(5-12-13(10)17-7-16-12)11(15)3-8-1-2-18-6-8/h1-2,4-6,11,15H,3,7H2. The van der Waals surface area contributed by atoms with Crippen LogP contribution >= 0.6 is 27.3 Å². The Labute approximate surface area is 117 Å². The lowest BCUT2D eigenvalue weighted by molar-refractivity contribution is 0.171. The summed E-state index contributed by atoms with van der Waals surface area (Å²) >= 11 is 5.07. The molecule has 0 radical (unpaired) electrons. The van der Waals surface area contributed by atoms with Crippen molar-refractivity contribution in [3.05, 3.63) is 44.6 Å². The van der Waals surface area contributed by atoms with Gasteiger partial charge in [0.2, 0.25) is 6.79 Å². The number of hydrogen-bond acceptors (Lipinski definition) is 4. The highest BCUT2D eigenvalue weighted by Crippen LogP contribution is 2.41. The Morgan fingerprint density at radius 1 is 1.39 bits per heavy atom. The van der Waals surface area contributed by atoms with E-state index >= 15 is 0 Å². The summed E-state index contributed by atoms with van der Waals surface area (Å²) in [6.45, 7) is 0.234. The predicted octanol–water partition coefficient (Wildman–Crippen LogP) is 3.52. The third-order valence-corrected chi connectivity index (χ3v) is 4.16. The van der Waals surface area contributed by atoms with Crippen molar-refractivity contribution in [2.45, 2.75) is 12.5 Å². The van der Waals surface area contributed by atoms with Crippen molar-refractivity contribution in [1.29, 1.82) is 0 Å². The Kier molecular flexibility index (Phi) is 3.28. The van der Waals surface area contributed by atoms with Crippen molar-refractivity contribution in [2.24, 2.45) is 0 Å². The van der Waals surface area contributed by atoms with Gasteiger partial charge in [-0.2, -0.15) is 11.3 Å². The first-order valence-corrected chi connectivity index (χ1v) is 7.26. The van der Waals surface area contributed by atoms with Crippen molar-refractivity contribution in [1.82, 2.24) is 0 Å². The molecule has 1 aromatic carbocycles. The highest BCUT2D eigenvalue weighted by Gasteiger charge is 2.20. The Morgan fingerprint density at radius 2 is 2.28 bits per heavy atom. The molecule has 18 heavy (non-hydrogen) atoms. The van der Waals surface area contributed by atoms with E-state index in [2.05, 4.69) is 15.9 Å². The number of thiophene rings is 1. The van der Waals surface area contributed by atoms with Crippen LogP contribution in [0.3, 0.4) is 0 Å². The number of rotatable bonds is 3.